The highest BCUT2D eigenvalue weighted by Gasteiger charge is 2.36. The maximum Gasteiger partial charge on any atom is 0.147 e. The van der Waals surface area contributed by atoms with Crippen LogP contribution in [-0.2, 0) is 11.2 Å². The van der Waals surface area contributed by atoms with Gasteiger partial charge in [-0.05, 0) is 19.8 Å². The molecule has 2 N–H and O–H groups in total. The molecule has 1 fully saturated rings. The van der Waals surface area contributed by atoms with Crippen LogP contribution in [0.15, 0.2) is 5.38 Å². The van der Waals surface area contributed by atoms with E-state index in [4.69, 9.17) is 5.73 Å². The van der Waals surface area contributed by atoms with Crippen LogP contribution >= 0.6 is 11.3 Å². The van der Waals surface area contributed by atoms with E-state index in [0.29, 0.717) is 18.7 Å². The summed E-state index contributed by atoms with van der Waals surface area (Å²) in [4.78, 5) is 17.0. The van der Waals surface area contributed by atoms with Gasteiger partial charge in [0.05, 0.1) is 6.42 Å². The lowest BCUT2D eigenvalue weighted by molar-refractivity contribution is -0.128. The van der Waals surface area contributed by atoms with Crippen LogP contribution in [0.2, 0.25) is 0 Å². The van der Waals surface area contributed by atoms with E-state index < -0.39 is 0 Å². The summed E-state index contributed by atoms with van der Waals surface area (Å²) in [5, 5.41) is 2.94. The largest absolute Gasteiger partial charge is 0.329 e. The zero-order valence-corrected chi connectivity index (χ0v) is 11.9. The van der Waals surface area contributed by atoms with Gasteiger partial charge in [-0.25, -0.2) is 4.98 Å². The Labute approximate surface area is 113 Å². The van der Waals surface area contributed by atoms with Gasteiger partial charge in [0, 0.05) is 23.0 Å². The summed E-state index contributed by atoms with van der Waals surface area (Å²) >= 11 is 1.58. The van der Waals surface area contributed by atoms with Gasteiger partial charge in [0.25, 0.3) is 0 Å². The first-order valence-electron chi connectivity index (χ1n) is 6.81. The van der Waals surface area contributed by atoms with E-state index in [0.717, 1.165) is 36.4 Å². The minimum atomic E-state index is -0.268. The summed E-state index contributed by atoms with van der Waals surface area (Å²) < 4.78 is 0. The van der Waals surface area contributed by atoms with E-state index >= 15 is 0 Å². The number of Topliss-reactive ketones (excluding diaryl/α,β-unsaturated/α-hetero) is 1. The third-order valence-electron chi connectivity index (χ3n) is 4.02. The Kier molecular flexibility index (Phi) is 4.51. The number of thiazole rings is 1. The average molecular weight is 266 g/mol. The number of carbonyl (C=O) groups is 1. The monoisotopic (exact) mass is 266 g/mol. The zero-order valence-electron chi connectivity index (χ0n) is 11.1. The Morgan fingerprint density at radius 2 is 2.06 bits per heavy atom. The van der Waals surface area contributed by atoms with Gasteiger partial charge in [-0.15, -0.1) is 11.3 Å². The summed E-state index contributed by atoms with van der Waals surface area (Å²) in [6.45, 7) is 2.46. The van der Waals surface area contributed by atoms with Crippen molar-refractivity contribution in [3.8, 4) is 0 Å². The van der Waals surface area contributed by atoms with Crippen molar-refractivity contribution in [1.29, 1.82) is 0 Å². The number of nitrogens with zero attached hydrogens (tertiary/aromatic N) is 1. The fourth-order valence-corrected chi connectivity index (χ4v) is 3.58. The third-order valence-corrected chi connectivity index (χ3v) is 4.99. The lowest BCUT2D eigenvalue weighted by atomic mass is 9.75. The topological polar surface area (TPSA) is 56.0 Å². The van der Waals surface area contributed by atoms with Crippen LogP contribution in [0, 0.1) is 12.3 Å². The molecule has 3 nitrogen and oxygen atoms in total. The van der Waals surface area contributed by atoms with E-state index in [1.165, 1.54) is 12.8 Å². The van der Waals surface area contributed by atoms with Gasteiger partial charge in [0.15, 0.2) is 0 Å². The number of ketones is 1. The van der Waals surface area contributed by atoms with Crippen molar-refractivity contribution >= 4 is 17.1 Å². The normalized spacial score (nSPS) is 19.4. The minimum absolute atomic E-state index is 0.268. The van der Waals surface area contributed by atoms with Crippen molar-refractivity contribution in [2.24, 2.45) is 11.1 Å². The van der Waals surface area contributed by atoms with Crippen molar-refractivity contribution in [3.05, 3.63) is 16.1 Å². The maximum atomic E-state index is 12.6. The number of aryl methyl sites for hydroxylation is 1. The summed E-state index contributed by atoms with van der Waals surface area (Å²) in [7, 11) is 0. The Morgan fingerprint density at radius 3 is 2.56 bits per heavy atom. The lowest BCUT2D eigenvalue weighted by Crippen LogP contribution is -2.39. The molecule has 0 bridgehead atoms. The molecule has 18 heavy (non-hydrogen) atoms. The first-order valence-corrected chi connectivity index (χ1v) is 7.69. The summed E-state index contributed by atoms with van der Waals surface area (Å²) in [6.07, 6.45) is 7.16. The van der Waals surface area contributed by atoms with Crippen LogP contribution < -0.4 is 5.73 Å². The highest BCUT2D eigenvalue weighted by atomic mass is 32.1. The van der Waals surface area contributed by atoms with Crippen LogP contribution in [0.25, 0.3) is 0 Å². The van der Waals surface area contributed by atoms with Crippen molar-refractivity contribution in [2.75, 3.05) is 6.54 Å². The number of aromatic nitrogens is 1. The van der Waals surface area contributed by atoms with Gasteiger partial charge in [-0.2, -0.15) is 0 Å². The molecule has 0 aliphatic heterocycles. The molecule has 0 aromatic carbocycles. The number of hydrogen-bond acceptors (Lipinski definition) is 4. The molecule has 1 aliphatic rings. The van der Waals surface area contributed by atoms with Gasteiger partial charge in [-0.3, -0.25) is 4.79 Å². The molecule has 0 spiro atoms. The van der Waals surface area contributed by atoms with E-state index in [-0.39, 0.29) is 5.41 Å². The first kappa shape index (κ1) is 13.7. The molecule has 1 saturated carbocycles. The lowest BCUT2D eigenvalue weighted by Gasteiger charge is -2.29. The molecule has 0 saturated heterocycles. The SMILES string of the molecule is Cc1csc(CC(=O)C2(CN)CCCCCC2)n1. The van der Waals surface area contributed by atoms with Crippen LogP contribution in [-0.4, -0.2) is 17.3 Å². The van der Waals surface area contributed by atoms with Gasteiger partial charge in [0.2, 0.25) is 0 Å². The number of rotatable bonds is 4. The summed E-state index contributed by atoms with van der Waals surface area (Å²) in [5.74, 6) is 0.307. The molecule has 0 radical (unpaired) electrons. The Morgan fingerprint density at radius 1 is 1.39 bits per heavy atom. The molecule has 1 aromatic rings. The quantitative estimate of drug-likeness (QED) is 0.853. The highest BCUT2D eigenvalue weighted by Crippen LogP contribution is 2.36. The molecular formula is C14H22N2OS. The molecule has 2 rings (SSSR count). The molecule has 1 heterocycles. The maximum absolute atomic E-state index is 12.6. The number of hydrogen-bond donors (Lipinski definition) is 1. The first-order chi connectivity index (χ1) is 8.66. The second-order valence-electron chi connectivity index (χ2n) is 5.38. The summed E-state index contributed by atoms with van der Waals surface area (Å²) in [6, 6.07) is 0. The van der Waals surface area contributed by atoms with Gasteiger partial charge < -0.3 is 5.73 Å². The Bertz CT molecular complexity index is 406. The average Bonchev–Trinajstić information content (AvgIpc) is 2.65. The molecule has 100 valence electrons. The zero-order chi connectivity index (χ0) is 13.0. The predicted molar refractivity (Wildman–Crippen MR) is 74.8 cm³/mol. The Balaban J connectivity index is 2.08. The van der Waals surface area contributed by atoms with Crippen molar-refractivity contribution < 1.29 is 4.79 Å². The van der Waals surface area contributed by atoms with Gasteiger partial charge >= 0.3 is 0 Å². The second-order valence-corrected chi connectivity index (χ2v) is 6.32. The molecule has 0 amide bonds. The van der Waals surface area contributed by atoms with Crippen LogP contribution in [0.4, 0.5) is 0 Å². The summed E-state index contributed by atoms with van der Waals surface area (Å²) in [5.41, 5.74) is 6.67. The highest BCUT2D eigenvalue weighted by molar-refractivity contribution is 7.09. The third kappa shape index (κ3) is 2.98. The van der Waals surface area contributed by atoms with Crippen molar-refractivity contribution in [1.82, 2.24) is 4.98 Å². The molecule has 0 unspecified atom stereocenters. The van der Waals surface area contributed by atoms with E-state index in [9.17, 15) is 4.79 Å². The molecule has 0 atom stereocenters. The van der Waals surface area contributed by atoms with Gasteiger partial charge in [-0.1, -0.05) is 25.7 Å². The van der Waals surface area contributed by atoms with Gasteiger partial charge in [0.1, 0.15) is 10.8 Å². The van der Waals surface area contributed by atoms with Crippen LogP contribution in [0.1, 0.15) is 49.2 Å². The predicted octanol–water partition coefficient (Wildman–Crippen LogP) is 2.86. The van der Waals surface area contributed by atoms with E-state index in [1.807, 2.05) is 12.3 Å². The minimum Gasteiger partial charge on any atom is -0.329 e. The van der Waals surface area contributed by atoms with E-state index in [2.05, 4.69) is 4.98 Å². The van der Waals surface area contributed by atoms with Crippen LogP contribution in [0.3, 0.4) is 0 Å². The molecular weight excluding hydrogens is 244 g/mol. The second kappa shape index (κ2) is 5.93. The standard InChI is InChI=1S/C14H22N2OS/c1-11-9-18-13(16-11)8-12(17)14(10-15)6-4-2-3-5-7-14/h9H,2-8,10,15H2,1H3. The fraction of sp³-hybridized carbons (Fsp3) is 0.714. The van der Waals surface area contributed by atoms with Crippen molar-refractivity contribution in [2.45, 2.75) is 51.9 Å². The molecule has 1 aliphatic carbocycles. The fourth-order valence-electron chi connectivity index (χ4n) is 2.81. The van der Waals surface area contributed by atoms with Crippen molar-refractivity contribution in [3.63, 3.8) is 0 Å². The van der Waals surface area contributed by atoms with Crippen LogP contribution in [0.5, 0.6) is 0 Å². The number of nitrogens with two attached hydrogens (primary N) is 1. The smallest absolute Gasteiger partial charge is 0.147 e. The van der Waals surface area contributed by atoms with E-state index in [1.54, 1.807) is 11.3 Å². The Hall–Kier alpha value is -0.740. The number of carbonyl (C=O) groups excluding carboxylic acids is 1. The molecule has 1 aromatic heterocycles. The molecule has 4 heteroatoms.